The monoisotopic (exact) mass is 130 g/mol. The Morgan fingerprint density at radius 3 is 2.50 bits per heavy atom. The number of carbonyl (C=O) groups excluding carboxylic acids is 1. The second kappa shape index (κ2) is 1.70. The zero-order valence-corrected chi connectivity index (χ0v) is 4.90. The van der Waals surface area contributed by atoms with E-state index in [4.69, 9.17) is 0 Å². The first-order valence-electron chi connectivity index (χ1n) is 2.02. The first kappa shape index (κ1) is 5.50. The van der Waals surface area contributed by atoms with Crippen LogP contribution in [0.3, 0.4) is 0 Å². The molecule has 1 heterocycles. The van der Waals surface area contributed by atoms with Crippen LogP contribution in [0.1, 0.15) is 0 Å². The molecule has 0 saturated carbocycles. The van der Waals surface area contributed by atoms with Gasteiger partial charge in [0.15, 0.2) is 0 Å². The Morgan fingerprint density at radius 2 is 2.38 bits per heavy atom. The number of thioether (sulfide) groups is 1. The number of amides is 1. The molecule has 0 aromatic carbocycles. The van der Waals surface area contributed by atoms with Gasteiger partial charge < -0.3 is 0 Å². The number of rotatable bonds is 0. The number of hydrogen-bond acceptors (Lipinski definition) is 3. The molecule has 1 saturated heterocycles. The van der Waals surface area contributed by atoms with Crippen molar-refractivity contribution in [1.29, 1.82) is 0 Å². The third kappa shape index (κ3) is 0.667. The summed E-state index contributed by atoms with van der Waals surface area (Å²) in [6, 6.07) is 0. The zero-order valence-electron chi connectivity index (χ0n) is 4.09. The van der Waals surface area contributed by atoms with Crippen LogP contribution in [0, 0.1) is 4.91 Å². The van der Waals surface area contributed by atoms with Crippen LogP contribution in [0.4, 0.5) is 0 Å². The van der Waals surface area contributed by atoms with Crippen molar-refractivity contribution in [2.75, 3.05) is 5.88 Å². The van der Waals surface area contributed by atoms with Crippen LogP contribution in [-0.4, -0.2) is 16.5 Å². The second-order valence-electron chi connectivity index (χ2n) is 1.38. The van der Waals surface area contributed by atoms with Gasteiger partial charge in [-0.05, 0) is 11.8 Å². The standard InChI is InChI=1S/C4H4NO2S/c1-3-4(6)5(7)2-8-3/h1-2H2/q+1. The molecule has 0 aliphatic carbocycles. The molecular weight excluding hydrogens is 126 g/mol. The Hall–Kier alpha value is -0.640. The molecule has 0 N–H and O–H groups in total. The van der Waals surface area contributed by atoms with E-state index in [-0.39, 0.29) is 5.88 Å². The number of nitroso groups, excluding NO2 is 1. The van der Waals surface area contributed by atoms with Crippen LogP contribution in [0.5, 0.6) is 0 Å². The Kier molecular flexibility index (Phi) is 1.17. The zero-order chi connectivity index (χ0) is 6.15. The quantitative estimate of drug-likeness (QED) is 0.354. The predicted octanol–water partition coefficient (Wildman–Crippen LogP) is 0.510. The van der Waals surface area contributed by atoms with Crippen molar-refractivity contribution in [2.45, 2.75) is 0 Å². The molecule has 1 aliphatic rings. The van der Waals surface area contributed by atoms with E-state index >= 15 is 0 Å². The van der Waals surface area contributed by atoms with E-state index < -0.39 is 5.91 Å². The summed E-state index contributed by atoms with van der Waals surface area (Å²) in [5.41, 5.74) is 0. The van der Waals surface area contributed by atoms with Gasteiger partial charge in [0.25, 0.3) is 5.88 Å². The van der Waals surface area contributed by atoms with E-state index in [1.807, 2.05) is 0 Å². The fourth-order valence-electron chi connectivity index (χ4n) is 0.396. The van der Waals surface area contributed by atoms with E-state index in [0.29, 0.717) is 9.67 Å². The Morgan fingerprint density at radius 1 is 1.75 bits per heavy atom. The highest BCUT2D eigenvalue weighted by molar-refractivity contribution is 8.04. The van der Waals surface area contributed by atoms with Crippen LogP contribution in [0.2, 0.25) is 0 Å². The minimum atomic E-state index is -0.491. The third-order valence-corrected chi connectivity index (χ3v) is 1.71. The van der Waals surface area contributed by atoms with Crippen LogP contribution < -0.4 is 0 Å². The number of nitrogens with zero attached hydrogens (tertiary/aromatic N) is 1. The van der Waals surface area contributed by atoms with Crippen LogP contribution in [0.15, 0.2) is 11.5 Å². The lowest BCUT2D eigenvalue weighted by Gasteiger charge is -1.68. The lowest BCUT2D eigenvalue weighted by Crippen LogP contribution is -2.07. The first-order chi connectivity index (χ1) is 3.72. The molecule has 0 unspecified atom stereocenters. The molecule has 3 nitrogen and oxygen atoms in total. The van der Waals surface area contributed by atoms with Crippen LogP contribution in [0.25, 0.3) is 0 Å². The predicted molar refractivity (Wildman–Crippen MR) is 30.2 cm³/mol. The van der Waals surface area contributed by atoms with Crippen molar-refractivity contribution in [1.82, 2.24) is 0 Å². The maximum absolute atomic E-state index is 10.4. The fourth-order valence-corrected chi connectivity index (χ4v) is 1.01. The van der Waals surface area contributed by atoms with E-state index in [0.717, 1.165) is 0 Å². The summed E-state index contributed by atoms with van der Waals surface area (Å²) in [5.74, 6) is -0.285. The summed E-state index contributed by atoms with van der Waals surface area (Å²) in [6.07, 6.45) is 0. The molecule has 1 fully saturated rings. The van der Waals surface area contributed by atoms with E-state index in [1.54, 1.807) is 0 Å². The Bertz CT molecular complexity index is 157. The molecule has 8 heavy (non-hydrogen) atoms. The molecule has 1 rings (SSSR count). The van der Waals surface area contributed by atoms with Crippen molar-refractivity contribution in [2.24, 2.45) is 0 Å². The molecule has 0 atom stereocenters. The van der Waals surface area contributed by atoms with Crippen molar-refractivity contribution in [3.63, 3.8) is 0 Å². The maximum atomic E-state index is 10.4. The van der Waals surface area contributed by atoms with E-state index in [9.17, 15) is 9.70 Å². The molecular formula is C4H4NO2S+. The normalized spacial score (nSPS) is 20.2. The Balaban J connectivity index is 2.86. The van der Waals surface area contributed by atoms with Gasteiger partial charge in [0.1, 0.15) is 4.91 Å². The Labute approximate surface area is 50.3 Å². The molecule has 4 heteroatoms. The van der Waals surface area contributed by atoms with E-state index in [1.165, 1.54) is 11.8 Å². The molecule has 42 valence electrons. The fraction of sp³-hybridized carbons (Fsp3) is 0.250. The molecule has 0 spiro atoms. The number of hydrogen-bond donors (Lipinski definition) is 0. The summed E-state index contributed by atoms with van der Waals surface area (Å²) in [6.45, 7) is 3.36. The summed E-state index contributed by atoms with van der Waals surface area (Å²) in [4.78, 5) is 21.0. The smallest absolute Gasteiger partial charge is 0.209 e. The molecule has 0 radical (unpaired) electrons. The molecule has 1 amide bonds. The van der Waals surface area contributed by atoms with Gasteiger partial charge in [-0.1, -0.05) is 6.58 Å². The van der Waals surface area contributed by atoms with Crippen LogP contribution >= 0.6 is 11.8 Å². The summed E-state index contributed by atoms with van der Waals surface area (Å²) in [5, 5.41) is 0. The number of carbonyl (C=O) groups is 1. The van der Waals surface area contributed by atoms with E-state index in [2.05, 4.69) is 6.58 Å². The largest absolute Gasteiger partial charge is 0.472 e. The SMILES string of the molecule is C=C1SC[N+](=O)C1=O. The van der Waals surface area contributed by atoms with Crippen molar-refractivity contribution in [3.8, 4) is 0 Å². The van der Waals surface area contributed by atoms with Gasteiger partial charge in [-0.25, -0.2) is 4.79 Å². The molecule has 0 aromatic heterocycles. The van der Waals surface area contributed by atoms with Crippen LogP contribution in [-0.2, 0) is 4.79 Å². The highest BCUT2D eigenvalue weighted by Gasteiger charge is 2.34. The second-order valence-corrected chi connectivity index (χ2v) is 2.42. The highest BCUT2D eigenvalue weighted by Crippen LogP contribution is 2.21. The summed E-state index contributed by atoms with van der Waals surface area (Å²) in [7, 11) is 0. The van der Waals surface area contributed by atoms with Crippen molar-refractivity contribution >= 4 is 17.7 Å². The summed E-state index contributed by atoms with van der Waals surface area (Å²) >= 11 is 1.18. The molecule has 0 aromatic rings. The van der Waals surface area contributed by atoms with Gasteiger partial charge in [-0.15, -0.1) is 0 Å². The van der Waals surface area contributed by atoms with Gasteiger partial charge >= 0.3 is 5.91 Å². The third-order valence-electron chi connectivity index (χ3n) is 0.821. The lowest BCUT2D eigenvalue weighted by molar-refractivity contribution is -0.439. The van der Waals surface area contributed by atoms with Gasteiger partial charge in [-0.3, -0.25) is 0 Å². The minimum Gasteiger partial charge on any atom is -0.209 e. The lowest BCUT2D eigenvalue weighted by atomic mass is 10.6. The van der Waals surface area contributed by atoms with Gasteiger partial charge in [0.05, 0.1) is 4.76 Å². The molecule has 0 bridgehead atoms. The topological polar surface area (TPSA) is 37.1 Å². The average Bonchev–Trinajstić information content (AvgIpc) is 1.98. The average molecular weight is 130 g/mol. The van der Waals surface area contributed by atoms with Crippen molar-refractivity contribution in [3.05, 3.63) is 16.4 Å². The van der Waals surface area contributed by atoms with Gasteiger partial charge in [0.2, 0.25) is 0 Å². The highest BCUT2D eigenvalue weighted by atomic mass is 32.2. The maximum Gasteiger partial charge on any atom is 0.472 e. The summed E-state index contributed by atoms with van der Waals surface area (Å²) < 4.78 is 0.396. The minimum absolute atomic E-state index is 0.206. The van der Waals surface area contributed by atoms with Crippen molar-refractivity contribution < 1.29 is 9.55 Å². The molecule has 1 aliphatic heterocycles. The van der Waals surface area contributed by atoms with Gasteiger partial charge in [0, 0.05) is 4.91 Å². The first-order valence-corrected chi connectivity index (χ1v) is 3.01. The van der Waals surface area contributed by atoms with Gasteiger partial charge in [-0.2, -0.15) is 0 Å².